The molecule has 26 heteroatoms. The number of carbonyl (C=O) groups is 7. The SMILES string of the molecule is CC[C@H]1OC(=O)[C@@](C)(F)C(=O)[C@H](C)[C@@H](C(C)(C)C)[C@](C)(OC)C[C@@H](C)CN(C)[C@H](C)[C@@H](O)[C@]1(C)O.CC[C@H]1OC(=O)[C@H](C)C(=O)[C@H](C)[C@@H](C(C)(C)C)[C@](C)(OC)C[C@@H](C)C(=O)[C@H](C)[C@H]2NC(=O)O[C@@]21C.CC[C@H]1OC(=O)[C@H](C)[C@@H](O[C@H]2C[C@@](C)(OC)[C@@H](O)[C@H](C)O2)[C@H](C)[C@@H](C(C)(C)C)[C@](C)(O)C[C@@H](C)CN(C)[C@H](C)[C@@H](O)[C@]1(C)O. The van der Waals surface area contributed by atoms with Crippen molar-refractivity contribution in [2.75, 3.05) is 48.5 Å². The Kier molecular flexibility index (Phi) is 36.0. The second-order valence-corrected chi connectivity index (χ2v) is 40.5. The molecule has 0 aromatic rings. The number of fused-ring (bicyclic) bond motifs is 1. The molecule has 5 saturated heterocycles. The number of alkyl halides is 1. The predicted octanol–water partition coefficient (Wildman–Crippen LogP) is 11.9. The summed E-state index contributed by atoms with van der Waals surface area (Å²) in [5, 5.41) is 71.1. The number of nitrogens with one attached hydrogen (secondary N) is 1. The van der Waals surface area contributed by atoms with E-state index in [1.54, 1.807) is 76.7 Å². The number of nitrogens with zero attached hydrogens (tertiary/aromatic N) is 2. The molecule has 0 aliphatic carbocycles. The number of Topliss-reactive ketones (excluding diaryl/α,β-unsaturated/α-hetero) is 3. The number of ether oxygens (including phenoxy) is 9. The van der Waals surface area contributed by atoms with Crippen LogP contribution in [0.5, 0.6) is 0 Å². The van der Waals surface area contributed by atoms with E-state index >= 15 is 4.39 Å². The molecular weight excluding hydrogens is 1470 g/mol. The highest BCUT2D eigenvalue weighted by Gasteiger charge is 2.61. The number of esters is 3. The van der Waals surface area contributed by atoms with Gasteiger partial charge >= 0.3 is 24.0 Å². The van der Waals surface area contributed by atoms with Gasteiger partial charge in [-0.3, -0.25) is 24.0 Å². The number of ketones is 3. The van der Waals surface area contributed by atoms with Crippen LogP contribution in [-0.4, -0.2) is 248 Å². The van der Waals surface area contributed by atoms with Crippen molar-refractivity contribution in [2.45, 2.75) is 385 Å². The minimum atomic E-state index is -2.93. The van der Waals surface area contributed by atoms with Crippen LogP contribution in [0.3, 0.4) is 0 Å². The van der Waals surface area contributed by atoms with Crippen LogP contribution in [0.4, 0.5) is 9.18 Å². The molecule has 0 radical (unpaired) electrons. The first-order valence-corrected chi connectivity index (χ1v) is 42.1. The van der Waals surface area contributed by atoms with Gasteiger partial charge in [-0.25, -0.2) is 14.0 Å². The molecule has 5 aliphatic rings. The van der Waals surface area contributed by atoms with Gasteiger partial charge in [-0.05, 0) is 183 Å². The number of likely N-dealkylation sites (N-methyl/N-ethyl adjacent to an activating group) is 2. The molecule has 1 amide bonds. The molecule has 0 spiro atoms. The van der Waals surface area contributed by atoms with Gasteiger partial charge in [0.15, 0.2) is 17.7 Å². The van der Waals surface area contributed by atoms with Crippen LogP contribution >= 0.6 is 0 Å². The molecule has 0 bridgehead atoms. The maximum absolute atomic E-state index is 15.9. The molecule has 114 heavy (non-hydrogen) atoms. The molecule has 32 atom stereocenters. The summed E-state index contributed by atoms with van der Waals surface area (Å²) in [6, 6.07) is -1.63. The van der Waals surface area contributed by atoms with E-state index in [0.717, 1.165) is 6.92 Å². The van der Waals surface area contributed by atoms with Crippen LogP contribution in [0.15, 0.2) is 0 Å². The van der Waals surface area contributed by atoms with Crippen LogP contribution in [0.2, 0.25) is 0 Å². The van der Waals surface area contributed by atoms with E-state index in [2.05, 4.69) is 39.9 Å². The number of cyclic esters (lactones) is 3. The van der Waals surface area contributed by atoms with Gasteiger partial charge in [-0.15, -0.1) is 0 Å². The summed E-state index contributed by atoms with van der Waals surface area (Å²) in [7, 11) is 8.50. The number of hydrogen-bond donors (Lipinski definition) is 7. The predicted molar refractivity (Wildman–Crippen MR) is 436 cm³/mol. The largest absolute Gasteiger partial charge is 0.459 e. The minimum absolute atomic E-state index is 0.0415. The van der Waals surface area contributed by atoms with Crippen molar-refractivity contribution in [3.63, 3.8) is 0 Å². The number of alkyl carbamates (subject to hydrolysis) is 1. The van der Waals surface area contributed by atoms with Crippen molar-refractivity contribution in [3.05, 3.63) is 0 Å². The number of aliphatic hydroxyl groups excluding tert-OH is 3. The Bertz CT molecular complexity index is 3180. The topological polar surface area (TPSA) is 342 Å². The Morgan fingerprint density at radius 2 is 0.921 bits per heavy atom. The average Bonchev–Trinajstić information content (AvgIpc) is 1.35. The highest BCUT2D eigenvalue weighted by Crippen LogP contribution is 2.51. The van der Waals surface area contributed by atoms with Crippen LogP contribution in [0, 0.1) is 87.3 Å². The zero-order valence-electron chi connectivity index (χ0n) is 77.2. The Balaban J connectivity index is 0.000000447. The third-order valence-electron chi connectivity index (χ3n) is 27.3. The number of hydrogen-bond acceptors (Lipinski definition) is 24. The molecule has 0 saturated carbocycles. The van der Waals surface area contributed by atoms with Crippen molar-refractivity contribution in [3.8, 4) is 0 Å². The van der Waals surface area contributed by atoms with Gasteiger partial charge in [0.05, 0.1) is 46.6 Å². The number of carbonyl (C=O) groups excluding carboxylic acids is 7. The van der Waals surface area contributed by atoms with Gasteiger partial charge < -0.3 is 88.4 Å². The summed E-state index contributed by atoms with van der Waals surface area (Å²) < 4.78 is 69.4. The van der Waals surface area contributed by atoms with Gasteiger partial charge in [0.1, 0.15) is 65.3 Å². The third-order valence-corrected chi connectivity index (χ3v) is 27.3. The number of aliphatic hydroxyl groups is 6. The molecule has 0 aromatic heterocycles. The summed E-state index contributed by atoms with van der Waals surface area (Å²) >= 11 is 0. The molecule has 7 N–H and O–H groups in total. The Hall–Kier alpha value is -3.90. The molecule has 25 nitrogen and oxygen atoms in total. The fourth-order valence-electron chi connectivity index (χ4n) is 21.6. The molecule has 5 fully saturated rings. The summed E-state index contributed by atoms with van der Waals surface area (Å²) in [4.78, 5) is 97.3. The van der Waals surface area contributed by atoms with E-state index in [9.17, 15) is 64.2 Å². The fraction of sp³-hybridized carbons (Fsp3) is 0.920. The lowest BCUT2D eigenvalue weighted by Crippen LogP contribution is -2.59. The second kappa shape index (κ2) is 39.3. The number of halogens is 1. The van der Waals surface area contributed by atoms with Gasteiger partial charge in [0.25, 0.3) is 5.67 Å². The van der Waals surface area contributed by atoms with E-state index in [0.29, 0.717) is 45.2 Å². The normalized spacial score (nSPS) is 44.8. The van der Waals surface area contributed by atoms with E-state index in [4.69, 9.17) is 42.6 Å². The summed E-state index contributed by atoms with van der Waals surface area (Å²) in [6.07, 6.45) is -6.72. The molecule has 666 valence electrons. The third kappa shape index (κ3) is 23.4. The van der Waals surface area contributed by atoms with Gasteiger partial charge in [0, 0.05) is 88.4 Å². The van der Waals surface area contributed by atoms with Crippen molar-refractivity contribution in [1.29, 1.82) is 0 Å². The van der Waals surface area contributed by atoms with E-state index in [1.807, 2.05) is 135 Å². The van der Waals surface area contributed by atoms with Crippen LogP contribution < -0.4 is 5.32 Å². The number of methoxy groups -OCH3 is 3. The van der Waals surface area contributed by atoms with Crippen LogP contribution in [0.25, 0.3) is 0 Å². The maximum Gasteiger partial charge on any atom is 0.408 e. The fourth-order valence-corrected chi connectivity index (χ4v) is 21.6. The summed E-state index contributed by atoms with van der Waals surface area (Å²) in [6.45, 7) is 59.8. The van der Waals surface area contributed by atoms with Gasteiger partial charge in [0.2, 0.25) is 0 Å². The molecule has 5 heterocycles. The standard InChI is InChI=1S/C34H65NO9.C27H50FNO6.C27H45NO7/c1-15-24-34(12,40)28(36)22(5)35(13)18-19(2)16-32(10,39)27(31(7,8)9)20(3)26(21(4)30(38)43-24)44-25-17-33(11,41-14)29(37)23(6)42-25;1-13-19-27(10,33)22(31)18(4)29(11)15-16(2)14-25(8,34-12)20(24(5,6)7)17(3)21(30)26(9,28)23(32)35-19;1-12-18-27(10)22(28-24(32)35-27)16(4)19(29)14(2)13-26(9,33-11)21(25(6,7)8)15(3)20(30)17(5)23(31)34-18/h19-29,36-37,39-40H,15-18H2,1-14H3;16-20,22,31,33H,13-15H2,1-12H3;14-18,21-22H,12-13H2,1-11H3,(H,28,32)/t19-,20+,21-,22-,23+,24-,25+,26+,27+,28-,29+,32-,33-,34-;16-,17-,18-,19-,20+,22-,25-,26+,27-;14-,15+,16+,17-,18-,21+,22-,26-,27-/m111/s1. The molecular formula is C88H160FN3O22. The van der Waals surface area contributed by atoms with Crippen LogP contribution in [-0.2, 0) is 71.4 Å². The second-order valence-electron chi connectivity index (χ2n) is 40.5. The number of rotatable bonds is 8. The highest BCUT2D eigenvalue weighted by molar-refractivity contribution is 6.07. The maximum atomic E-state index is 15.9. The van der Waals surface area contributed by atoms with Gasteiger partial charge in [-0.1, -0.05) is 132 Å². The van der Waals surface area contributed by atoms with Crippen molar-refractivity contribution >= 4 is 41.4 Å². The lowest BCUT2D eigenvalue weighted by molar-refractivity contribution is -0.299. The van der Waals surface area contributed by atoms with Crippen molar-refractivity contribution in [2.24, 2.45) is 87.3 Å². The molecule has 0 unspecified atom stereocenters. The van der Waals surface area contributed by atoms with E-state index in [-0.39, 0.29) is 64.8 Å². The molecule has 0 aromatic carbocycles. The van der Waals surface area contributed by atoms with Crippen molar-refractivity contribution < 1.29 is 111 Å². The summed E-state index contributed by atoms with van der Waals surface area (Å²) in [5.41, 5.74) is -12.6. The lowest BCUT2D eigenvalue weighted by atomic mass is 9.61. The molecule has 5 rings (SSSR count). The number of amides is 1. The first-order valence-electron chi connectivity index (χ1n) is 42.1. The minimum Gasteiger partial charge on any atom is -0.459 e. The Morgan fingerprint density at radius 3 is 1.35 bits per heavy atom. The zero-order chi connectivity index (χ0) is 89.0. The van der Waals surface area contributed by atoms with Crippen molar-refractivity contribution in [1.82, 2.24) is 15.1 Å². The molecule has 5 aliphatic heterocycles. The highest BCUT2D eigenvalue weighted by atomic mass is 19.1. The smallest absolute Gasteiger partial charge is 0.408 e. The summed E-state index contributed by atoms with van der Waals surface area (Å²) in [5.74, 6) is -9.22. The Morgan fingerprint density at radius 1 is 0.509 bits per heavy atom. The van der Waals surface area contributed by atoms with E-state index in [1.165, 1.54) is 13.8 Å². The average molecular weight is 1630 g/mol. The van der Waals surface area contributed by atoms with Crippen LogP contribution in [0.1, 0.15) is 267 Å². The van der Waals surface area contributed by atoms with Gasteiger partial charge in [-0.2, -0.15) is 0 Å². The quantitative estimate of drug-likeness (QED) is 0.0674. The monoisotopic (exact) mass is 1630 g/mol. The van der Waals surface area contributed by atoms with E-state index < -0.39 is 195 Å². The zero-order valence-corrected chi connectivity index (χ0v) is 77.2. The first-order chi connectivity index (χ1) is 51.6. The Labute approximate surface area is 685 Å². The lowest BCUT2D eigenvalue weighted by Gasteiger charge is -2.50. The first kappa shape index (κ1) is 104.